The van der Waals surface area contributed by atoms with Gasteiger partial charge in [-0.3, -0.25) is 0 Å². The Kier molecular flexibility index (Phi) is 4.30. The van der Waals surface area contributed by atoms with Crippen LogP contribution in [0.3, 0.4) is 0 Å². The molecule has 1 aliphatic rings. The highest BCUT2D eigenvalue weighted by Crippen LogP contribution is 2.34. The molecule has 0 amide bonds. The van der Waals surface area contributed by atoms with E-state index in [0.29, 0.717) is 5.76 Å². The minimum absolute atomic E-state index is 0.00805. The maximum absolute atomic E-state index is 12.0. The summed E-state index contributed by atoms with van der Waals surface area (Å²) in [4.78, 5) is 12.0. The van der Waals surface area contributed by atoms with Crippen molar-refractivity contribution in [1.29, 1.82) is 0 Å². The lowest BCUT2D eigenvalue weighted by molar-refractivity contribution is -0.0636. The molecule has 0 saturated carbocycles. The van der Waals surface area contributed by atoms with Crippen molar-refractivity contribution in [3.8, 4) is 5.75 Å². The van der Waals surface area contributed by atoms with Crippen LogP contribution < -0.4 is 10.4 Å². The minimum atomic E-state index is -1.28. The van der Waals surface area contributed by atoms with E-state index in [2.05, 4.69) is 0 Å². The van der Waals surface area contributed by atoms with E-state index in [4.69, 9.17) is 9.15 Å². The van der Waals surface area contributed by atoms with Gasteiger partial charge in [-0.25, -0.2) is 4.79 Å². The first kappa shape index (κ1) is 14.8. The summed E-state index contributed by atoms with van der Waals surface area (Å²) in [5.74, 6) is 0.742. The molecule has 2 rings (SSSR count). The second-order valence-electron chi connectivity index (χ2n) is 5.00. The molecular formula is C15H20O5. The highest BCUT2D eigenvalue weighted by atomic mass is 16.5. The minimum Gasteiger partial charge on any atom is -0.487 e. The number of allylic oxidation sites excluding steroid dienone is 2. The van der Waals surface area contributed by atoms with E-state index in [0.717, 1.165) is 18.4 Å². The van der Waals surface area contributed by atoms with Gasteiger partial charge in [-0.1, -0.05) is 19.4 Å². The predicted octanol–water partition coefficient (Wildman–Crippen LogP) is 2.02. The van der Waals surface area contributed by atoms with Gasteiger partial charge in [0.25, 0.3) is 0 Å². The molecule has 0 aliphatic carbocycles. The molecule has 1 aliphatic heterocycles. The molecule has 2 N–H and O–H groups in total. The van der Waals surface area contributed by atoms with Crippen molar-refractivity contribution in [2.24, 2.45) is 0 Å². The zero-order valence-electron chi connectivity index (χ0n) is 11.9. The van der Waals surface area contributed by atoms with Gasteiger partial charge in [-0.15, -0.1) is 0 Å². The van der Waals surface area contributed by atoms with Gasteiger partial charge in [0.15, 0.2) is 0 Å². The summed E-state index contributed by atoms with van der Waals surface area (Å²) in [5.41, 5.74) is 0.252. The maximum atomic E-state index is 12.0. The first-order chi connectivity index (χ1) is 9.49. The van der Waals surface area contributed by atoms with Crippen LogP contribution >= 0.6 is 0 Å². The average molecular weight is 280 g/mol. The van der Waals surface area contributed by atoms with E-state index >= 15 is 0 Å². The molecule has 2 heterocycles. The molecule has 1 aromatic heterocycles. The third-order valence-electron chi connectivity index (χ3n) is 3.55. The third-order valence-corrected chi connectivity index (χ3v) is 3.55. The summed E-state index contributed by atoms with van der Waals surface area (Å²) >= 11 is 0. The summed E-state index contributed by atoms with van der Waals surface area (Å²) < 4.78 is 10.8. The van der Waals surface area contributed by atoms with Crippen LogP contribution in [0.5, 0.6) is 5.75 Å². The molecule has 110 valence electrons. The van der Waals surface area contributed by atoms with Crippen molar-refractivity contribution < 1.29 is 19.4 Å². The molecule has 1 aromatic rings. The molecule has 0 saturated heterocycles. The number of ether oxygens (including phenoxy) is 1. The number of rotatable bonds is 3. The van der Waals surface area contributed by atoms with E-state index in [9.17, 15) is 15.0 Å². The lowest BCUT2D eigenvalue weighted by Gasteiger charge is -2.31. The van der Waals surface area contributed by atoms with Crippen molar-refractivity contribution in [1.82, 2.24) is 0 Å². The molecule has 0 aromatic carbocycles. The Labute approximate surface area is 117 Å². The predicted molar refractivity (Wildman–Crippen MR) is 74.6 cm³/mol. The smallest absolute Gasteiger partial charge is 0.345 e. The Balaban J connectivity index is 2.51. The first-order valence-corrected chi connectivity index (χ1v) is 6.86. The number of hydrogen-bond donors (Lipinski definition) is 2. The number of hydrogen-bond acceptors (Lipinski definition) is 5. The fourth-order valence-electron chi connectivity index (χ4n) is 2.38. The second kappa shape index (κ2) is 5.81. The monoisotopic (exact) mass is 280 g/mol. The molecule has 5 heteroatoms. The van der Waals surface area contributed by atoms with Crippen molar-refractivity contribution in [2.45, 2.75) is 51.9 Å². The van der Waals surface area contributed by atoms with Gasteiger partial charge in [-0.2, -0.15) is 0 Å². The van der Waals surface area contributed by atoms with Crippen molar-refractivity contribution >= 4 is 5.57 Å². The highest BCUT2D eigenvalue weighted by Gasteiger charge is 2.36. The summed E-state index contributed by atoms with van der Waals surface area (Å²) in [6, 6.07) is 1.62. The van der Waals surface area contributed by atoms with E-state index in [-0.39, 0.29) is 11.3 Å². The second-order valence-corrected chi connectivity index (χ2v) is 5.00. The number of aliphatic hydroxyl groups excluding tert-OH is 2. The summed E-state index contributed by atoms with van der Waals surface area (Å²) in [5, 5.41) is 19.7. The summed E-state index contributed by atoms with van der Waals surface area (Å²) in [7, 11) is 0. The van der Waals surface area contributed by atoms with Crippen LogP contribution in [-0.2, 0) is 0 Å². The Morgan fingerprint density at radius 1 is 1.45 bits per heavy atom. The topological polar surface area (TPSA) is 79.9 Å². The Morgan fingerprint density at radius 3 is 2.75 bits per heavy atom. The van der Waals surface area contributed by atoms with Gasteiger partial charge in [0.1, 0.15) is 35.4 Å². The van der Waals surface area contributed by atoms with Crippen LogP contribution in [0.15, 0.2) is 21.4 Å². The fourth-order valence-corrected chi connectivity index (χ4v) is 2.38. The maximum Gasteiger partial charge on any atom is 0.345 e. The molecule has 0 unspecified atom stereocenters. The van der Waals surface area contributed by atoms with E-state index in [1.54, 1.807) is 13.0 Å². The average Bonchev–Trinajstić information content (AvgIpc) is 2.41. The highest BCUT2D eigenvalue weighted by molar-refractivity contribution is 5.62. The van der Waals surface area contributed by atoms with Crippen molar-refractivity contribution in [3.63, 3.8) is 0 Å². The molecule has 0 fully saturated rings. The molecular weight excluding hydrogens is 260 g/mol. The SMILES string of the molecule is C/C=C(\CCC)c1cc2c(c(=O)o1)[C@H](O)[C@H](O)[C@H](C)O2. The Bertz CT molecular complexity index is 572. The molecule has 0 spiro atoms. The van der Waals surface area contributed by atoms with Crippen LogP contribution in [0.1, 0.15) is 51.0 Å². The van der Waals surface area contributed by atoms with E-state index < -0.39 is 23.9 Å². The number of fused-ring (bicyclic) bond motifs is 1. The van der Waals surface area contributed by atoms with Gasteiger partial charge in [-0.05, 0) is 25.8 Å². The van der Waals surface area contributed by atoms with Crippen LogP contribution in [0.25, 0.3) is 5.57 Å². The summed E-state index contributed by atoms with van der Waals surface area (Å²) in [6.45, 7) is 5.57. The van der Waals surface area contributed by atoms with Crippen LogP contribution in [0.2, 0.25) is 0 Å². The lowest BCUT2D eigenvalue weighted by Crippen LogP contribution is -2.41. The van der Waals surface area contributed by atoms with Gasteiger partial charge in [0, 0.05) is 6.07 Å². The molecule has 20 heavy (non-hydrogen) atoms. The number of aliphatic hydroxyl groups is 2. The standard InChI is InChI=1S/C15H20O5/c1-4-6-9(5-2)10-7-11-12(15(18)20-10)14(17)13(16)8(3)19-11/h5,7-8,13-14,16-17H,4,6H2,1-3H3/b9-5+/t8-,13+,14-/m0/s1. The molecule has 5 nitrogen and oxygen atoms in total. The van der Waals surface area contributed by atoms with Crippen molar-refractivity contribution in [3.05, 3.63) is 33.9 Å². The van der Waals surface area contributed by atoms with Gasteiger partial charge in [0.2, 0.25) is 0 Å². The Morgan fingerprint density at radius 2 is 2.15 bits per heavy atom. The Hall–Kier alpha value is -1.59. The zero-order valence-corrected chi connectivity index (χ0v) is 11.9. The van der Waals surface area contributed by atoms with E-state index in [1.165, 1.54) is 0 Å². The van der Waals surface area contributed by atoms with E-state index in [1.807, 2.05) is 19.9 Å². The first-order valence-electron chi connectivity index (χ1n) is 6.86. The van der Waals surface area contributed by atoms with Crippen LogP contribution in [-0.4, -0.2) is 22.4 Å². The third kappa shape index (κ3) is 2.51. The molecule has 0 bridgehead atoms. The molecule has 0 radical (unpaired) electrons. The van der Waals surface area contributed by atoms with Gasteiger partial charge < -0.3 is 19.4 Å². The lowest BCUT2D eigenvalue weighted by atomic mass is 9.97. The largest absolute Gasteiger partial charge is 0.487 e. The van der Waals surface area contributed by atoms with Gasteiger partial charge in [0.05, 0.1) is 0 Å². The quantitative estimate of drug-likeness (QED) is 0.885. The van der Waals surface area contributed by atoms with Crippen LogP contribution in [0, 0.1) is 0 Å². The molecule has 3 atom stereocenters. The van der Waals surface area contributed by atoms with Crippen LogP contribution in [0.4, 0.5) is 0 Å². The van der Waals surface area contributed by atoms with Gasteiger partial charge >= 0.3 is 5.63 Å². The fraction of sp³-hybridized carbons (Fsp3) is 0.533. The summed E-state index contributed by atoms with van der Waals surface area (Å²) in [6.07, 6.45) is 0.628. The zero-order chi connectivity index (χ0) is 14.9. The van der Waals surface area contributed by atoms with Crippen molar-refractivity contribution in [2.75, 3.05) is 0 Å². The normalized spacial score (nSPS) is 26.1.